The SMILES string of the molecule is CN(c1ccc(CNC(=O)CCN2C(=O)CCC2=O)cc1)C1CCCCC1. The molecule has 6 nitrogen and oxygen atoms in total. The van der Waals surface area contributed by atoms with Gasteiger partial charge in [-0.3, -0.25) is 19.3 Å². The predicted molar refractivity (Wildman–Crippen MR) is 104 cm³/mol. The largest absolute Gasteiger partial charge is 0.372 e. The standard InChI is InChI=1S/C21H29N3O3/c1-23(17-5-3-2-4-6-17)18-9-7-16(8-10-18)15-22-19(25)13-14-24-20(26)11-12-21(24)27/h7-10,17H,2-6,11-15H2,1H3,(H,22,25). The molecule has 3 amide bonds. The van der Waals surface area contributed by atoms with Crippen molar-refractivity contribution >= 4 is 23.4 Å². The van der Waals surface area contributed by atoms with E-state index in [-0.39, 0.29) is 43.5 Å². The van der Waals surface area contributed by atoms with Crippen LogP contribution in [-0.4, -0.2) is 42.3 Å². The van der Waals surface area contributed by atoms with Crippen LogP contribution in [0, 0.1) is 0 Å². The van der Waals surface area contributed by atoms with E-state index >= 15 is 0 Å². The number of hydrogen-bond acceptors (Lipinski definition) is 4. The van der Waals surface area contributed by atoms with Crippen LogP contribution in [0.3, 0.4) is 0 Å². The third kappa shape index (κ3) is 5.08. The normalized spacial score (nSPS) is 18.0. The van der Waals surface area contributed by atoms with Crippen LogP contribution in [0.4, 0.5) is 5.69 Å². The first-order valence-corrected chi connectivity index (χ1v) is 9.96. The highest BCUT2D eigenvalue weighted by atomic mass is 16.2. The summed E-state index contributed by atoms with van der Waals surface area (Å²) in [4.78, 5) is 38.7. The van der Waals surface area contributed by atoms with Gasteiger partial charge in [0.15, 0.2) is 0 Å². The highest BCUT2D eigenvalue weighted by molar-refractivity contribution is 6.02. The molecule has 0 unspecified atom stereocenters. The van der Waals surface area contributed by atoms with Gasteiger partial charge in [0.25, 0.3) is 0 Å². The van der Waals surface area contributed by atoms with Crippen LogP contribution in [0.2, 0.25) is 0 Å². The van der Waals surface area contributed by atoms with E-state index in [1.807, 2.05) is 12.1 Å². The highest BCUT2D eigenvalue weighted by Crippen LogP contribution is 2.26. The number of likely N-dealkylation sites (tertiary alicyclic amines) is 1. The molecule has 3 rings (SSSR count). The van der Waals surface area contributed by atoms with Gasteiger partial charge in [0, 0.05) is 51.1 Å². The Morgan fingerprint density at radius 1 is 1.07 bits per heavy atom. The molecule has 1 aromatic carbocycles. The molecule has 2 aliphatic rings. The summed E-state index contributed by atoms with van der Waals surface area (Å²) in [6.45, 7) is 0.628. The zero-order valence-corrected chi connectivity index (χ0v) is 16.1. The molecule has 1 saturated carbocycles. The van der Waals surface area contributed by atoms with Crippen molar-refractivity contribution < 1.29 is 14.4 Å². The van der Waals surface area contributed by atoms with E-state index in [1.165, 1.54) is 42.7 Å². The van der Waals surface area contributed by atoms with E-state index in [2.05, 4.69) is 29.4 Å². The number of imide groups is 1. The molecule has 1 aromatic rings. The molecule has 6 heteroatoms. The lowest BCUT2D eigenvalue weighted by molar-refractivity contribution is -0.138. The first kappa shape index (κ1) is 19.4. The van der Waals surface area contributed by atoms with Gasteiger partial charge in [-0.15, -0.1) is 0 Å². The fraction of sp³-hybridized carbons (Fsp3) is 0.571. The van der Waals surface area contributed by atoms with Crippen molar-refractivity contribution in [3.63, 3.8) is 0 Å². The Kier molecular flexibility index (Phi) is 6.48. The van der Waals surface area contributed by atoms with E-state index < -0.39 is 0 Å². The molecular formula is C21H29N3O3. The van der Waals surface area contributed by atoms with E-state index in [0.29, 0.717) is 12.6 Å². The minimum absolute atomic E-state index is 0.147. The van der Waals surface area contributed by atoms with Crippen molar-refractivity contribution in [2.75, 3.05) is 18.5 Å². The second-order valence-electron chi connectivity index (χ2n) is 7.54. The fourth-order valence-electron chi connectivity index (χ4n) is 3.90. The molecular weight excluding hydrogens is 342 g/mol. The number of amides is 3. The Hall–Kier alpha value is -2.37. The van der Waals surface area contributed by atoms with E-state index in [0.717, 1.165) is 5.56 Å². The quantitative estimate of drug-likeness (QED) is 0.748. The average molecular weight is 371 g/mol. The second-order valence-corrected chi connectivity index (χ2v) is 7.54. The molecule has 1 heterocycles. The summed E-state index contributed by atoms with van der Waals surface area (Å²) in [5.74, 6) is -0.498. The van der Waals surface area contributed by atoms with Crippen molar-refractivity contribution in [1.29, 1.82) is 0 Å². The molecule has 1 aliphatic carbocycles. The Morgan fingerprint density at radius 3 is 2.33 bits per heavy atom. The summed E-state index contributed by atoms with van der Waals surface area (Å²) in [5, 5.41) is 2.86. The fourth-order valence-corrected chi connectivity index (χ4v) is 3.90. The van der Waals surface area contributed by atoms with E-state index in [9.17, 15) is 14.4 Å². The third-order valence-electron chi connectivity index (χ3n) is 5.67. The zero-order valence-electron chi connectivity index (χ0n) is 16.1. The summed E-state index contributed by atoms with van der Waals surface area (Å²) in [7, 11) is 2.16. The number of carbonyl (C=O) groups excluding carboxylic acids is 3. The molecule has 146 valence electrons. The average Bonchev–Trinajstić information content (AvgIpc) is 3.03. The summed E-state index contributed by atoms with van der Waals surface area (Å²) in [6.07, 6.45) is 7.18. The Bertz CT molecular complexity index is 664. The van der Waals surface area contributed by atoms with Crippen molar-refractivity contribution in [2.45, 2.75) is 64.0 Å². The molecule has 0 radical (unpaired) electrons. The van der Waals surface area contributed by atoms with Crippen molar-refractivity contribution in [2.24, 2.45) is 0 Å². The number of nitrogens with one attached hydrogen (secondary N) is 1. The summed E-state index contributed by atoms with van der Waals surface area (Å²) in [5.41, 5.74) is 2.25. The minimum Gasteiger partial charge on any atom is -0.372 e. The maximum absolute atomic E-state index is 12.0. The summed E-state index contributed by atoms with van der Waals surface area (Å²) >= 11 is 0. The number of hydrogen-bond donors (Lipinski definition) is 1. The minimum atomic E-state index is -0.175. The summed E-state index contributed by atoms with van der Waals surface area (Å²) in [6, 6.07) is 8.93. The zero-order chi connectivity index (χ0) is 19.2. The third-order valence-corrected chi connectivity index (χ3v) is 5.67. The molecule has 0 aromatic heterocycles. The highest BCUT2D eigenvalue weighted by Gasteiger charge is 2.28. The number of nitrogens with zero attached hydrogens (tertiary/aromatic N) is 2. The van der Waals surface area contributed by atoms with E-state index in [4.69, 9.17) is 0 Å². The number of benzene rings is 1. The number of carbonyl (C=O) groups is 3. The van der Waals surface area contributed by atoms with Crippen LogP contribution in [0.15, 0.2) is 24.3 Å². The topological polar surface area (TPSA) is 69.7 Å². The van der Waals surface area contributed by atoms with Crippen LogP contribution in [0.1, 0.15) is 56.9 Å². The second kappa shape index (κ2) is 9.02. The predicted octanol–water partition coefficient (Wildman–Crippen LogP) is 2.61. The van der Waals surface area contributed by atoms with Gasteiger partial charge in [0.2, 0.25) is 17.7 Å². The molecule has 1 N–H and O–H groups in total. The first-order chi connectivity index (χ1) is 13.0. The lowest BCUT2D eigenvalue weighted by Crippen LogP contribution is -2.34. The Labute approximate surface area is 160 Å². The van der Waals surface area contributed by atoms with Crippen molar-refractivity contribution in [3.8, 4) is 0 Å². The molecule has 0 atom stereocenters. The molecule has 27 heavy (non-hydrogen) atoms. The van der Waals surface area contributed by atoms with Gasteiger partial charge in [-0.2, -0.15) is 0 Å². The van der Waals surface area contributed by atoms with Gasteiger partial charge in [0.05, 0.1) is 0 Å². The van der Waals surface area contributed by atoms with Gasteiger partial charge in [0.1, 0.15) is 0 Å². The van der Waals surface area contributed by atoms with Crippen LogP contribution < -0.4 is 10.2 Å². The van der Waals surface area contributed by atoms with Gasteiger partial charge < -0.3 is 10.2 Å². The van der Waals surface area contributed by atoms with Gasteiger partial charge in [-0.05, 0) is 30.5 Å². The van der Waals surface area contributed by atoms with Crippen LogP contribution in [0.5, 0.6) is 0 Å². The monoisotopic (exact) mass is 371 g/mol. The number of rotatable bonds is 7. The molecule has 2 fully saturated rings. The molecule has 1 aliphatic heterocycles. The maximum atomic E-state index is 12.0. The maximum Gasteiger partial charge on any atom is 0.229 e. The lowest BCUT2D eigenvalue weighted by atomic mass is 9.94. The molecule has 0 spiro atoms. The van der Waals surface area contributed by atoms with Crippen molar-refractivity contribution in [1.82, 2.24) is 10.2 Å². The Balaban J connectivity index is 1.43. The number of anilines is 1. The van der Waals surface area contributed by atoms with Gasteiger partial charge >= 0.3 is 0 Å². The van der Waals surface area contributed by atoms with Crippen LogP contribution in [-0.2, 0) is 20.9 Å². The Morgan fingerprint density at radius 2 is 1.70 bits per heavy atom. The summed E-state index contributed by atoms with van der Waals surface area (Å²) < 4.78 is 0. The van der Waals surface area contributed by atoms with Crippen LogP contribution in [0.25, 0.3) is 0 Å². The molecule has 0 bridgehead atoms. The van der Waals surface area contributed by atoms with E-state index in [1.54, 1.807) is 0 Å². The first-order valence-electron chi connectivity index (χ1n) is 9.96. The lowest BCUT2D eigenvalue weighted by Gasteiger charge is -2.33. The van der Waals surface area contributed by atoms with Crippen molar-refractivity contribution in [3.05, 3.63) is 29.8 Å². The smallest absolute Gasteiger partial charge is 0.229 e. The van der Waals surface area contributed by atoms with Crippen LogP contribution >= 0.6 is 0 Å². The van der Waals surface area contributed by atoms with Gasteiger partial charge in [-0.25, -0.2) is 0 Å². The molecule has 1 saturated heterocycles. The van der Waals surface area contributed by atoms with Gasteiger partial charge in [-0.1, -0.05) is 31.4 Å².